The Morgan fingerprint density at radius 3 is 1.59 bits per heavy atom. The molecule has 10 heterocycles. The van der Waals surface area contributed by atoms with Crippen molar-refractivity contribution >= 4 is 118 Å². The zero-order valence-corrected chi connectivity index (χ0v) is 62.0. The third-order valence-corrected chi connectivity index (χ3v) is 18.1. The molecule has 0 aliphatic carbocycles. The summed E-state index contributed by atoms with van der Waals surface area (Å²) >= 11 is 12.5. The summed E-state index contributed by atoms with van der Waals surface area (Å²) in [5, 5.41) is 21.4. The summed E-state index contributed by atoms with van der Waals surface area (Å²) in [6, 6.07) is 60.7. The Morgan fingerprint density at radius 1 is 0.479 bits per heavy atom. The van der Waals surface area contributed by atoms with Gasteiger partial charge in [0.1, 0.15) is 22.9 Å². The number of H-pyrrole nitrogens is 3. The lowest BCUT2D eigenvalue weighted by Crippen LogP contribution is -1.98. The van der Waals surface area contributed by atoms with Crippen LogP contribution in [-0.2, 0) is 0 Å². The topological polar surface area (TPSA) is 156 Å². The van der Waals surface area contributed by atoms with Crippen LogP contribution in [0.5, 0.6) is 0 Å². The maximum atomic E-state index is 5.37. The molecule has 0 unspecified atom stereocenters. The molecule has 0 saturated heterocycles. The summed E-state index contributed by atoms with van der Waals surface area (Å²) in [6.07, 6.45) is 4.89. The van der Waals surface area contributed by atoms with Gasteiger partial charge in [-0.2, -0.15) is 10.2 Å². The molecule has 94 heavy (non-hydrogen) atoms. The van der Waals surface area contributed by atoms with Crippen LogP contribution < -0.4 is 0 Å². The van der Waals surface area contributed by atoms with Crippen LogP contribution in [0.25, 0.3) is 57.8 Å². The van der Waals surface area contributed by atoms with E-state index in [1.165, 1.54) is 90.1 Å². The van der Waals surface area contributed by atoms with E-state index < -0.39 is 0 Å². The smallest absolute Gasteiger partial charge is 0.181 e. The summed E-state index contributed by atoms with van der Waals surface area (Å²) in [4.78, 5) is 17.9. The third kappa shape index (κ3) is 23.4. The molecule has 486 valence electrons. The molecule has 12 nitrogen and oxygen atoms in total. The average Bonchev–Trinajstić information content (AvgIpc) is 1.75. The molecule has 0 saturated carbocycles. The number of hydrogen-bond acceptors (Lipinski definition) is 11. The maximum absolute atomic E-state index is 5.37. The number of para-hydroxylation sites is 2. The molecule has 17 heteroatoms. The SMILES string of the molecule is Cc1cc(C)[nH]n1.Cc1cc(C)on1.Cc1cc2cc(Br)ccc2s1.Cc1cc2ccccc2[nH]1.Cc1cc2ccccc2o1.Cc1cc2ccccc2s1.Cc1ccc2sc(C)cc2c1.Cc1cnc[nH]1.Cc1ncoc1C.Cc1nn(-c2cccc(Br)c2)c(C)c1C. The molecule has 0 aliphatic heterocycles. The van der Waals surface area contributed by atoms with Crippen molar-refractivity contribution in [2.45, 2.75) is 111 Å². The molecule has 16 aromatic rings. The Bertz CT molecular complexity index is 4460. The van der Waals surface area contributed by atoms with Crippen LogP contribution in [0.1, 0.15) is 88.6 Å². The fourth-order valence-electron chi connectivity index (χ4n) is 9.20. The number of nitrogens with zero attached hydrogens (tertiary/aromatic N) is 6. The number of halogens is 2. The van der Waals surface area contributed by atoms with Crippen molar-refractivity contribution in [2.75, 3.05) is 0 Å². The monoisotopic (exact) mass is 1440 g/mol. The van der Waals surface area contributed by atoms with Gasteiger partial charge in [-0.05, 0) is 235 Å². The van der Waals surface area contributed by atoms with E-state index in [-0.39, 0.29) is 0 Å². The van der Waals surface area contributed by atoms with Crippen LogP contribution in [0, 0.1) is 111 Å². The lowest BCUT2D eigenvalue weighted by molar-refractivity contribution is 0.393. The van der Waals surface area contributed by atoms with Gasteiger partial charge in [0.25, 0.3) is 0 Å². The van der Waals surface area contributed by atoms with Crippen LogP contribution in [0.2, 0.25) is 0 Å². The largest absolute Gasteiger partial charge is 0.461 e. The molecule has 0 aliphatic rings. The molecule has 0 spiro atoms. The fourth-order valence-corrected chi connectivity index (χ4v) is 12.7. The van der Waals surface area contributed by atoms with E-state index in [9.17, 15) is 0 Å². The Balaban J connectivity index is 0.000000149. The van der Waals surface area contributed by atoms with Gasteiger partial charge in [0, 0.05) is 83.6 Å². The van der Waals surface area contributed by atoms with Gasteiger partial charge < -0.3 is 23.3 Å². The Kier molecular flexibility index (Phi) is 27.9. The molecule has 0 fully saturated rings. The number of nitrogens with one attached hydrogen (secondary N) is 3. The number of fused-ring (bicyclic) bond motifs is 5. The summed E-state index contributed by atoms with van der Waals surface area (Å²) in [7, 11) is 0. The predicted molar refractivity (Wildman–Crippen MR) is 405 cm³/mol. The highest BCUT2D eigenvalue weighted by Gasteiger charge is 2.09. The van der Waals surface area contributed by atoms with Gasteiger partial charge >= 0.3 is 0 Å². The number of furan rings is 1. The third-order valence-electron chi connectivity index (χ3n) is 14.1. The highest BCUT2D eigenvalue weighted by molar-refractivity contribution is 9.10. The predicted octanol–water partition coefficient (Wildman–Crippen LogP) is 23.8. The number of oxazole rings is 1. The molecule has 6 aromatic carbocycles. The van der Waals surface area contributed by atoms with Gasteiger partial charge in [0.15, 0.2) is 6.39 Å². The Morgan fingerprint density at radius 2 is 1.10 bits per heavy atom. The first kappa shape index (κ1) is 72.7. The molecule has 10 aromatic heterocycles. The number of aromatic amines is 3. The average molecular weight is 1440 g/mol. The Labute approximate surface area is 580 Å². The van der Waals surface area contributed by atoms with Crippen LogP contribution in [0.3, 0.4) is 0 Å². The molecular weight excluding hydrogens is 1350 g/mol. The van der Waals surface area contributed by atoms with Crippen molar-refractivity contribution in [1.82, 2.24) is 45.1 Å². The molecule has 0 radical (unpaired) electrons. The van der Waals surface area contributed by atoms with E-state index in [4.69, 9.17) is 13.4 Å². The van der Waals surface area contributed by atoms with Crippen LogP contribution in [0.15, 0.2) is 217 Å². The first-order valence-electron chi connectivity index (χ1n) is 30.5. The van der Waals surface area contributed by atoms with Gasteiger partial charge in [-0.15, -0.1) is 34.0 Å². The van der Waals surface area contributed by atoms with Crippen molar-refractivity contribution in [3.05, 3.63) is 292 Å². The minimum atomic E-state index is 0.873. The zero-order chi connectivity index (χ0) is 67.8. The van der Waals surface area contributed by atoms with Crippen LogP contribution in [-0.4, -0.2) is 45.1 Å². The number of imidazole rings is 1. The van der Waals surface area contributed by atoms with Gasteiger partial charge in [0.05, 0.1) is 34.8 Å². The minimum Gasteiger partial charge on any atom is -0.461 e. The van der Waals surface area contributed by atoms with Crippen molar-refractivity contribution < 1.29 is 13.4 Å². The molecule has 16 rings (SSSR count). The highest BCUT2D eigenvalue weighted by Crippen LogP contribution is 2.29. The standard InChI is InChI=1S/C12H13BrN2.C10H10S.C9H7BrS.C9H9N.C9H8O.C9H8S.C5H8N2.2C5H7NO.C4H6N2/c1-8-9(2)14-15(10(8)3)12-6-4-5-11(13)7-12;1-7-3-4-10-9(5-7)6-8(2)11-10;1-6-4-7-5-8(10)2-3-9(7)11-6;3*1-7-6-8-4-2-3-5-9(8)10-7;1-4-3-5(2)7-6-4;1-4-5(2)7-3-6-4;1-4-3-5(2)7-6-4;1-4-2-5-3-6-4/h4-7H,1-3H3;3-6H,1-2H3;2-5H,1H3;2-6,10H,1H3;2*2-6H,1H3;3H,1-2H3,(H,6,7);2*3H,1-2H3;2-3H,1H3,(H,5,6). The van der Waals surface area contributed by atoms with E-state index in [0.717, 1.165) is 71.7 Å². The summed E-state index contributed by atoms with van der Waals surface area (Å²) < 4.78 is 23.3. The van der Waals surface area contributed by atoms with E-state index >= 15 is 0 Å². The molecule has 3 N–H and O–H groups in total. The van der Waals surface area contributed by atoms with Gasteiger partial charge in [-0.1, -0.05) is 115 Å². The molecule has 0 atom stereocenters. The first-order chi connectivity index (χ1) is 45.0. The second kappa shape index (κ2) is 36.1. The van der Waals surface area contributed by atoms with Gasteiger partial charge in [-0.25, -0.2) is 14.6 Å². The molecule has 0 bridgehead atoms. The lowest BCUT2D eigenvalue weighted by atomic mass is 10.2. The fraction of sp³-hybridized carbons (Fsp3) is 0.208. The number of rotatable bonds is 1. The van der Waals surface area contributed by atoms with Crippen molar-refractivity contribution in [3.8, 4) is 5.69 Å². The van der Waals surface area contributed by atoms with E-state index in [1.807, 2.05) is 162 Å². The lowest BCUT2D eigenvalue weighted by Gasteiger charge is -2.04. The summed E-state index contributed by atoms with van der Waals surface area (Å²) in [5.41, 5.74) is 14.6. The van der Waals surface area contributed by atoms with E-state index in [1.54, 1.807) is 12.5 Å². The van der Waals surface area contributed by atoms with Crippen molar-refractivity contribution in [2.24, 2.45) is 0 Å². The normalized spacial score (nSPS) is 10.2. The van der Waals surface area contributed by atoms with E-state index in [2.05, 4.69) is 236 Å². The number of benzene rings is 6. The summed E-state index contributed by atoms with van der Waals surface area (Å²) in [6.45, 7) is 32.3. The van der Waals surface area contributed by atoms with Crippen molar-refractivity contribution in [1.29, 1.82) is 0 Å². The molecular formula is C77H83Br2N9O3S3. The quantitative estimate of drug-likeness (QED) is 0.147. The first-order valence-corrected chi connectivity index (χ1v) is 34.6. The zero-order valence-electron chi connectivity index (χ0n) is 56.4. The van der Waals surface area contributed by atoms with Crippen LogP contribution >= 0.6 is 65.9 Å². The highest BCUT2D eigenvalue weighted by atomic mass is 79.9. The number of aromatic nitrogens is 9. The number of thiophene rings is 3. The maximum Gasteiger partial charge on any atom is 0.181 e. The van der Waals surface area contributed by atoms with E-state index in [0.29, 0.717) is 0 Å². The van der Waals surface area contributed by atoms with Crippen molar-refractivity contribution in [3.63, 3.8) is 0 Å². The minimum absolute atomic E-state index is 0.873. The Hall–Kier alpha value is -8.71. The number of hydrogen-bond donors (Lipinski definition) is 3. The summed E-state index contributed by atoms with van der Waals surface area (Å²) in [5.74, 6) is 2.75. The van der Waals surface area contributed by atoms with Crippen LogP contribution in [0.4, 0.5) is 0 Å². The second-order valence-corrected chi connectivity index (χ2v) is 28.1. The van der Waals surface area contributed by atoms with Gasteiger partial charge in [-0.3, -0.25) is 5.10 Å². The number of aryl methyl sites for hydroxylation is 14. The second-order valence-electron chi connectivity index (χ2n) is 22.5. The molecule has 0 amide bonds. The van der Waals surface area contributed by atoms with Gasteiger partial charge in [0.2, 0.25) is 0 Å².